The van der Waals surface area contributed by atoms with E-state index in [0.29, 0.717) is 5.82 Å². The number of carbonyl (C=O) groups excluding carboxylic acids is 1. The number of para-hydroxylation sites is 1. The fraction of sp³-hybridized carbons (Fsp3) is 0.0909. The summed E-state index contributed by atoms with van der Waals surface area (Å²) in [5, 5.41) is 17.0. The van der Waals surface area contributed by atoms with Gasteiger partial charge in [0.05, 0.1) is 17.3 Å². The number of nitrogens with zero attached hydrogens (tertiary/aromatic N) is 4. The lowest BCUT2D eigenvalue weighted by molar-refractivity contribution is 0.102. The number of fused-ring (bicyclic) bond motifs is 1. The van der Waals surface area contributed by atoms with E-state index in [0.717, 1.165) is 40.2 Å². The Morgan fingerprint density at radius 3 is 2.70 bits per heavy atom. The summed E-state index contributed by atoms with van der Waals surface area (Å²) in [6.07, 6.45) is 1.27. The largest absolute Gasteiger partial charge is 0.305 e. The molecule has 0 spiro atoms. The molecular weight excluding hydrogens is 388 g/mol. The second kappa shape index (κ2) is 7.37. The second-order valence-corrected chi connectivity index (χ2v) is 6.78. The molecule has 0 aliphatic carbocycles. The minimum Gasteiger partial charge on any atom is -0.305 e. The van der Waals surface area contributed by atoms with Crippen molar-refractivity contribution in [2.45, 2.75) is 13.8 Å². The van der Waals surface area contributed by atoms with Gasteiger partial charge in [-0.2, -0.15) is 15.0 Å². The average molecular weight is 403 g/mol. The zero-order valence-electron chi connectivity index (χ0n) is 16.1. The number of benzene rings is 2. The Labute approximate surface area is 170 Å². The molecule has 0 saturated heterocycles. The van der Waals surface area contributed by atoms with Gasteiger partial charge < -0.3 is 5.32 Å². The summed E-state index contributed by atoms with van der Waals surface area (Å²) < 4.78 is 28.8. The molecule has 0 radical (unpaired) electrons. The Hall–Kier alpha value is -4.12. The van der Waals surface area contributed by atoms with E-state index in [4.69, 9.17) is 0 Å². The third-order valence-corrected chi connectivity index (χ3v) is 4.75. The van der Waals surface area contributed by atoms with Crippen molar-refractivity contribution >= 4 is 22.6 Å². The number of halogens is 2. The zero-order valence-corrected chi connectivity index (χ0v) is 16.1. The third-order valence-electron chi connectivity index (χ3n) is 4.75. The number of nitrogens with one attached hydrogen (secondary N) is 1. The van der Waals surface area contributed by atoms with Crippen molar-refractivity contribution in [2.24, 2.45) is 0 Å². The Morgan fingerprint density at radius 2 is 1.93 bits per heavy atom. The minimum absolute atomic E-state index is 0.0194. The van der Waals surface area contributed by atoms with E-state index >= 15 is 0 Å². The maximum atomic E-state index is 14.0. The molecular formula is C22H15F2N5O. The van der Waals surface area contributed by atoms with Crippen LogP contribution in [0.25, 0.3) is 16.7 Å². The number of aromatic nitrogens is 3. The van der Waals surface area contributed by atoms with Crippen molar-refractivity contribution < 1.29 is 13.6 Å². The number of amides is 1. The van der Waals surface area contributed by atoms with Crippen LogP contribution in [0, 0.1) is 36.8 Å². The van der Waals surface area contributed by atoms with Crippen molar-refractivity contribution in [3.63, 3.8) is 0 Å². The van der Waals surface area contributed by atoms with E-state index in [1.54, 1.807) is 6.07 Å². The molecule has 0 atom stereocenters. The van der Waals surface area contributed by atoms with Gasteiger partial charge in [0.25, 0.3) is 5.91 Å². The topological polar surface area (TPSA) is 83.6 Å². The van der Waals surface area contributed by atoms with Crippen molar-refractivity contribution in [2.75, 3.05) is 5.32 Å². The third kappa shape index (κ3) is 3.26. The first-order valence-corrected chi connectivity index (χ1v) is 9.01. The number of anilines is 1. The molecule has 1 N–H and O–H groups in total. The molecule has 6 nitrogen and oxygen atoms in total. The minimum atomic E-state index is -0.904. The number of rotatable bonds is 3. The first kappa shape index (κ1) is 19.2. The Morgan fingerprint density at radius 1 is 1.13 bits per heavy atom. The fourth-order valence-corrected chi connectivity index (χ4v) is 3.22. The van der Waals surface area contributed by atoms with E-state index < -0.39 is 23.1 Å². The first-order chi connectivity index (χ1) is 14.4. The monoisotopic (exact) mass is 403 g/mol. The van der Waals surface area contributed by atoms with E-state index in [1.807, 2.05) is 38.1 Å². The summed E-state index contributed by atoms with van der Waals surface area (Å²) in [7, 11) is 0. The van der Waals surface area contributed by atoms with E-state index in [2.05, 4.69) is 15.4 Å². The molecule has 30 heavy (non-hydrogen) atoms. The summed E-state index contributed by atoms with van der Waals surface area (Å²) in [5.74, 6) is -2.14. The Bertz CT molecular complexity index is 1350. The molecule has 2 heterocycles. The van der Waals surface area contributed by atoms with Crippen LogP contribution in [0.15, 0.2) is 48.7 Å². The number of pyridine rings is 1. The fourth-order valence-electron chi connectivity index (χ4n) is 3.22. The molecule has 148 valence electrons. The Balaban J connectivity index is 1.83. The summed E-state index contributed by atoms with van der Waals surface area (Å²) in [4.78, 5) is 17.2. The standard InChI is InChI=1S/C22H15F2N5O/c1-12-4-3-5-16-13(2)8-19(27-20(12)16)29-21(14(10-25)11-26-29)28-22(30)17-9-15(23)6-7-18(17)24/h3-9,11H,1-2H3,(H,28,30). The van der Waals surface area contributed by atoms with Crippen LogP contribution in [0.3, 0.4) is 0 Å². The highest BCUT2D eigenvalue weighted by Crippen LogP contribution is 2.26. The summed E-state index contributed by atoms with van der Waals surface area (Å²) in [5.41, 5.74) is 2.23. The molecule has 2 aromatic heterocycles. The smallest absolute Gasteiger partial charge is 0.259 e. The number of hydrogen-bond donors (Lipinski definition) is 1. The lowest BCUT2D eigenvalue weighted by Crippen LogP contribution is -2.18. The van der Waals surface area contributed by atoms with Gasteiger partial charge in [-0.05, 0) is 49.2 Å². The van der Waals surface area contributed by atoms with Crippen LogP contribution in [0.2, 0.25) is 0 Å². The van der Waals surface area contributed by atoms with Crippen molar-refractivity contribution in [1.29, 1.82) is 5.26 Å². The molecule has 0 unspecified atom stereocenters. The van der Waals surface area contributed by atoms with Crippen LogP contribution in [0.5, 0.6) is 0 Å². The highest BCUT2D eigenvalue weighted by atomic mass is 19.1. The van der Waals surface area contributed by atoms with Crippen LogP contribution >= 0.6 is 0 Å². The van der Waals surface area contributed by atoms with Gasteiger partial charge in [-0.1, -0.05) is 18.2 Å². The van der Waals surface area contributed by atoms with Crippen LogP contribution in [-0.4, -0.2) is 20.7 Å². The van der Waals surface area contributed by atoms with Gasteiger partial charge in [-0.15, -0.1) is 0 Å². The maximum Gasteiger partial charge on any atom is 0.259 e. The van der Waals surface area contributed by atoms with Crippen LogP contribution in [0.4, 0.5) is 14.6 Å². The van der Waals surface area contributed by atoms with Crippen molar-refractivity contribution in [1.82, 2.24) is 14.8 Å². The number of carbonyl (C=O) groups is 1. The summed E-state index contributed by atoms with van der Waals surface area (Å²) in [6, 6.07) is 12.1. The van der Waals surface area contributed by atoms with Gasteiger partial charge in [0.15, 0.2) is 11.6 Å². The van der Waals surface area contributed by atoms with E-state index in [1.165, 1.54) is 10.9 Å². The van der Waals surface area contributed by atoms with Crippen LogP contribution in [0.1, 0.15) is 27.0 Å². The van der Waals surface area contributed by atoms with Crippen molar-refractivity contribution in [3.05, 3.63) is 82.5 Å². The normalized spacial score (nSPS) is 10.8. The summed E-state index contributed by atoms with van der Waals surface area (Å²) in [6.45, 7) is 3.85. The average Bonchev–Trinajstić information content (AvgIpc) is 3.13. The van der Waals surface area contributed by atoms with E-state index in [-0.39, 0.29) is 11.4 Å². The molecule has 8 heteroatoms. The number of aryl methyl sites for hydroxylation is 2. The Kier molecular flexibility index (Phi) is 4.72. The highest BCUT2D eigenvalue weighted by Gasteiger charge is 2.20. The molecule has 4 aromatic rings. The lowest BCUT2D eigenvalue weighted by Gasteiger charge is -2.12. The molecule has 0 aliphatic rings. The molecule has 0 aliphatic heterocycles. The molecule has 0 bridgehead atoms. The van der Waals surface area contributed by atoms with Gasteiger partial charge >= 0.3 is 0 Å². The predicted molar refractivity (Wildman–Crippen MR) is 107 cm³/mol. The molecule has 0 saturated carbocycles. The number of nitriles is 1. The number of hydrogen-bond acceptors (Lipinski definition) is 4. The molecule has 4 rings (SSSR count). The predicted octanol–water partition coefficient (Wildman–Crippen LogP) is 4.44. The van der Waals surface area contributed by atoms with Crippen LogP contribution in [-0.2, 0) is 0 Å². The molecule has 1 amide bonds. The van der Waals surface area contributed by atoms with Gasteiger partial charge in [0.2, 0.25) is 0 Å². The van der Waals surface area contributed by atoms with Gasteiger partial charge in [-0.3, -0.25) is 4.79 Å². The zero-order chi connectivity index (χ0) is 21.4. The van der Waals surface area contributed by atoms with Gasteiger partial charge in [0.1, 0.15) is 23.3 Å². The van der Waals surface area contributed by atoms with Crippen molar-refractivity contribution in [3.8, 4) is 11.9 Å². The quantitative estimate of drug-likeness (QED) is 0.548. The summed E-state index contributed by atoms with van der Waals surface area (Å²) >= 11 is 0. The highest BCUT2D eigenvalue weighted by molar-refractivity contribution is 6.04. The lowest BCUT2D eigenvalue weighted by atomic mass is 10.1. The van der Waals surface area contributed by atoms with Gasteiger partial charge in [0, 0.05) is 5.39 Å². The van der Waals surface area contributed by atoms with E-state index in [9.17, 15) is 18.8 Å². The SMILES string of the molecule is Cc1cc(-n2ncc(C#N)c2NC(=O)c2cc(F)ccc2F)nc2c(C)cccc12. The van der Waals surface area contributed by atoms with Gasteiger partial charge in [-0.25, -0.2) is 13.8 Å². The molecule has 2 aromatic carbocycles. The maximum absolute atomic E-state index is 14.0. The second-order valence-electron chi connectivity index (χ2n) is 6.78. The first-order valence-electron chi connectivity index (χ1n) is 9.01. The van der Waals surface area contributed by atoms with Crippen LogP contribution < -0.4 is 5.32 Å². The molecule has 0 fully saturated rings.